The summed E-state index contributed by atoms with van der Waals surface area (Å²) in [7, 11) is 0. The Balaban J connectivity index is 1.37. The Morgan fingerprint density at radius 1 is 0.674 bits per heavy atom. The molecule has 232 valence electrons. The van der Waals surface area contributed by atoms with Crippen molar-refractivity contribution in [3.63, 3.8) is 0 Å². The molecule has 3 aromatic rings. The van der Waals surface area contributed by atoms with Crippen LogP contribution in [0.15, 0.2) is 77.8 Å². The number of rotatable bonds is 21. The number of hydrogen-bond acceptors (Lipinski definition) is 5. The zero-order chi connectivity index (χ0) is 30.5. The molecule has 0 saturated carbocycles. The number of carbonyl (C=O) groups excluding carboxylic acids is 1. The van der Waals surface area contributed by atoms with E-state index in [-0.39, 0.29) is 6.10 Å². The van der Waals surface area contributed by atoms with E-state index >= 15 is 0 Å². The van der Waals surface area contributed by atoms with E-state index in [1.54, 1.807) is 30.5 Å². The summed E-state index contributed by atoms with van der Waals surface area (Å²) >= 11 is 0. The van der Waals surface area contributed by atoms with Crippen LogP contribution in [0, 0.1) is 0 Å². The first-order chi connectivity index (χ1) is 21.1. The van der Waals surface area contributed by atoms with Crippen molar-refractivity contribution >= 4 is 17.9 Å². The van der Waals surface area contributed by atoms with Crippen LogP contribution in [-0.2, 0) is 0 Å². The Hall–Kier alpha value is -3.60. The molecule has 0 amide bonds. The summed E-state index contributed by atoms with van der Waals surface area (Å²) in [6.45, 7) is 7.31. The van der Waals surface area contributed by atoms with Gasteiger partial charge in [-0.15, -0.1) is 0 Å². The largest absolute Gasteiger partial charge is 0.494 e. The first kappa shape index (κ1) is 33.9. The molecule has 0 bridgehead atoms. The second-order valence-corrected chi connectivity index (χ2v) is 11.3. The Morgan fingerprint density at radius 2 is 1.23 bits per heavy atom. The second kappa shape index (κ2) is 20.3. The number of aliphatic imine (C=N–C) groups is 1. The summed E-state index contributed by atoms with van der Waals surface area (Å²) in [5, 5.41) is 0. The minimum atomic E-state index is -0.395. The molecule has 3 aromatic carbocycles. The molecule has 0 saturated heterocycles. The predicted molar refractivity (Wildman–Crippen MR) is 178 cm³/mol. The van der Waals surface area contributed by atoms with Crippen molar-refractivity contribution in [3.05, 3.63) is 83.9 Å². The van der Waals surface area contributed by atoms with Crippen molar-refractivity contribution in [2.75, 3.05) is 6.61 Å². The number of nitrogens with zero attached hydrogens (tertiary/aromatic N) is 1. The normalized spacial score (nSPS) is 11.9. The van der Waals surface area contributed by atoms with Crippen LogP contribution in [0.25, 0.3) is 0 Å². The van der Waals surface area contributed by atoms with Gasteiger partial charge in [0.15, 0.2) is 0 Å². The Labute approximate surface area is 259 Å². The molecule has 0 aliphatic rings. The zero-order valence-electron chi connectivity index (χ0n) is 26.6. The highest BCUT2D eigenvalue weighted by Gasteiger charge is 2.09. The van der Waals surface area contributed by atoms with Gasteiger partial charge in [-0.3, -0.25) is 4.99 Å². The van der Waals surface area contributed by atoms with E-state index in [0.717, 1.165) is 35.6 Å². The molecule has 0 aromatic heterocycles. The van der Waals surface area contributed by atoms with E-state index in [1.807, 2.05) is 48.5 Å². The van der Waals surface area contributed by atoms with Crippen molar-refractivity contribution in [2.45, 2.75) is 110 Å². The Bertz CT molecular complexity index is 1190. The quantitative estimate of drug-likeness (QED) is 0.0540. The fourth-order valence-corrected chi connectivity index (χ4v) is 4.81. The van der Waals surface area contributed by atoms with Crippen LogP contribution < -0.4 is 14.2 Å². The van der Waals surface area contributed by atoms with Gasteiger partial charge in [-0.1, -0.05) is 78.1 Å². The van der Waals surface area contributed by atoms with Gasteiger partial charge < -0.3 is 14.2 Å². The van der Waals surface area contributed by atoms with Crippen molar-refractivity contribution in [3.8, 4) is 17.2 Å². The second-order valence-electron chi connectivity index (χ2n) is 11.3. The molecular formula is C38H51NO4. The molecule has 0 radical (unpaired) electrons. The number of hydrogen-bond donors (Lipinski definition) is 0. The van der Waals surface area contributed by atoms with E-state index in [4.69, 9.17) is 14.2 Å². The van der Waals surface area contributed by atoms with E-state index in [0.29, 0.717) is 17.9 Å². The first-order valence-corrected chi connectivity index (χ1v) is 16.4. The van der Waals surface area contributed by atoms with Gasteiger partial charge in [-0.2, -0.15) is 0 Å². The molecule has 0 fully saturated rings. The van der Waals surface area contributed by atoms with Crippen LogP contribution in [0.3, 0.4) is 0 Å². The first-order valence-electron chi connectivity index (χ1n) is 16.4. The van der Waals surface area contributed by atoms with Gasteiger partial charge in [-0.05, 0) is 105 Å². The predicted octanol–water partition coefficient (Wildman–Crippen LogP) is 10.9. The highest BCUT2D eigenvalue weighted by atomic mass is 16.5. The van der Waals surface area contributed by atoms with Gasteiger partial charge in [0, 0.05) is 6.21 Å². The summed E-state index contributed by atoms with van der Waals surface area (Å²) in [4.78, 5) is 17.2. The van der Waals surface area contributed by atoms with E-state index < -0.39 is 5.97 Å². The standard InChI is InChI=1S/C38H51NO4/c1-4-6-8-10-11-12-13-15-29-41-35-25-19-33(20-26-35)38(40)43-37-23-17-32(18-24-37)30-39-34-21-27-36(28-22-34)42-31(3)16-14-9-7-5-2/h17-28,30-31H,4-16,29H2,1-3H3/t31-/m0/s1. The van der Waals surface area contributed by atoms with Crippen LogP contribution in [0.4, 0.5) is 5.69 Å². The van der Waals surface area contributed by atoms with Crippen molar-refractivity contribution in [1.29, 1.82) is 0 Å². The minimum Gasteiger partial charge on any atom is -0.494 e. The summed E-state index contributed by atoms with van der Waals surface area (Å²) in [5.74, 6) is 1.74. The minimum absolute atomic E-state index is 0.210. The van der Waals surface area contributed by atoms with Crippen LogP contribution in [0.5, 0.6) is 17.2 Å². The highest BCUT2D eigenvalue weighted by Crippen LogP contribution is 2.21. The van der Waals surface area contributed by atoms with Gasteiger partial charge in [0.25, 0.3) is 0 Å². The average Bonchev–Trinajstić information content (AvgIpc) is 3.03. The van der Waals surface area contributed by atoms with Gasteiger partial charge in [0.1, 0.15) is 17.2 Å². The maximum absolute atomic E-state index is 12.6. The summed E-state index contributed by atoms with van der Waals surface area (Å²) in [6.07, 6.45) is 18.3. The monoisotopic (exact) mass is 585 g/mol. The number of unbranched alkanes of at least 4 members (excludes halogenated alkanes) is 10. The van der Waals surface area contributed by atoms with E-state index in [2.05, 4.69) is 25.8 Å². The summed E-state index contributed by atoms with van der Waals surface area (Å²) in [5.41, 5.74) is 2.26. The third kappa shape index (κ3) is 13.9. The van der Waals surface area contributed by atoms with Crippen molar-refractivity contribution in [2.24, 2.45) is 4.99 Å². The lowest BCUT2D eigenvalue weighted by atomic mass is 10.1. The van der Waals surface area contributed by atoms with E-state index in [1.165, 1.54) is 70.6 Å². The third-order valence-corrected chi connectivity index (χ3v) is 7.45. The topological polar surface area (TPSA) is 57.1 Å². The van der Waals surface area contributed by atoms with Crippen LogP contribution in [0.2, 0.25) is 0 Å². The summed E-state index contributed by atoms with van der Waals surface area (Å²) < 4.78 is 17.4. The van der Waals surface area contributed by atoms with Gasteiger partial charge in [0.2, 0.25) is 0 Å². The zero-order valence-corrected chi connectivity index (χ0v) is 26.6. The number of ether oxygens (including phenoxy) is 3. The van der Waals surface area contributed by atoms with Gasteiger partial charge >= 0.3 is 5.97 Å². The molecule has 3 rings (SSSR count). The molecule has 1 atom stereocenters. The van der Waals surface area contributed by atoms with Gasteiger partial charge in [-0.25, -0.2) is 4.79 Å². The van der Waals surface area contributed by atoms with Crippen molar-refractivity contribution in [1.82, 2.24) is 0 Å². The Morgan fingerprint density at radius 3 is 1.88 bits per heavy atom. The molecule has 0 aliphatic heterocycles. The molecule has 5 nitrogen and oxygen atoms in total. The fourth-order valence-electron chi connectivity index (χ4n) is 4.81. The lowest BCUT2D eigenvalue weighted by Gasteiger charge is -2.14. The maximum Gasteiger partial charge on any atom is 0.343 e. The molecule has 0 N–H and O–H groups in total. The molecule has 0 aliphatic carbocycles. The van der Waals surface area contributed by atoms with Crippen molar-refractivity contribution < 1.29 is 19.0 Å². The maximum atomic E-state index is 12.6. The van der Waals surface area contributed by atoms with Crippen LogP contribution in [-0.4, -0.2) is 24.9 Å². The SMILES string of the molecule is CCCCCCCCCCOc1ccc(C(=O)Oc2ccc(C=Nc3ccc(O[C@@H](C)CCCCCC)cc3)cc2)cc1. The average molecular weight is 586 g/mol. The molecule has 0 unspecified atom stereocenters. The highest BCUT2D eigenvalue weighted by molar-refractivity contribution is 5.91. The molecule has 0 spiro atoms. The smallest absolute Gasteiger partial charge is 0.343 e. The number of benzene rings is 3. The lowest BCUT2D eigenvalue weighted by molar-refractivity contribution is 0.0734. The molecular weight excluding hydrogens is 534 g/mol. The third-order valence-electron chi connectivity index (χ3n) is 7.45. The number of esters is 1. The van der Waals surface area contributed by atoms with Crippen LogP contribution >= 0.6 is 0 Å². The van der Waals surface area contributed by atoms with Gasteiger partial charge in [0.05, 0.1) is 24.0 Å². The molecule has 0 heterocycles. The lowest BCUT2D eigenvalue weighted by Crippen LogP contribution is -2.11. The number of carbonyl (C=O) groups is 1. The fraction of sp³-hybridized carbons (Fsp3) is 0.474. The molecule has 43 heavy (non-hydrogen) atoms. The summed E-state index contributed by atoms with van der Waals surface area (Å²) in [6, 6.07) is 22.3. The van der Waals surface area contributed by atoms with E-state index in [9.17, 15) is 4.79 Å². The van der Waals surface area contributed by atoms with Crippen LogP contribution in [0.1, 0.15) is 120 Å². The molecule has 5 heteroatoms. The Kier molecular flexibility index (Phi) is 16.0.